The number of hydrogen-bond donors (Lipinski definition) is 2. The van der Waals surface area contributed by atoms with Gasteiger partial charge in [-0.1, -0.05) is 16.8 Å². The van der Waals surface area contributed by atoms with Crippen molar-refractivity contribution in [2.45, 2.75) is 26.5 Å². The molecule has 0 spiro atoms. The van der Waals surface area contributed by atoms with E-state index in [0.29, 0.717) is 10.8 Å². The van der Waals surface area contributed by atoms with Gasteiger partial charge in [-0.2, -0.15) is 10.1 Å². The van der Waals surface area contributed by atoms with E-state index in [0.717, 1.165) is 11.8 Å². The van der Waals surface area contributed by atoms with E-state index in [4.69, 9.17) is 20.9 Å². The van der Waals surface area contributed by atoms with E-state index >= 15 is 0 Å². The monoisotopic (exact) mass is 477 g/mol. The molecule has 2 heterocycles. The highest BCUT2D eigenvalue weighted by Crippen LogP contribution is 2.22. The van der Waals surface area contributed by atoms with Crippen LogP contribution in [0.15, 0.2) is 35.1 Å². The Balaban J connectivity index is 1.41. The summed E-state index contributed by atoms with van der Waals surface area (Å²) in [6, 6.07) is 5.10. The van der Waals surface area contributed by atoms with E-state index in [2.05, 4.69) is 25.9 Å². The second-order valence-corrected chi connectivity index (χ2v) is 7.32. The van der Waals surface area contributed by atoms with Gasteiger partial charge in [-0.25, -0.2) is 0 Å². The van der Waals surface area contributed by atoms with Crippen LogP contribution < -0.4 is 15.4 Å². The van der Waals surface area contributed by atoms with Crippen LogP contribution in [0.25, 0.3) is 0 Å². The molecule has 0 aliphatic heterocycles. The third-order valence-corrected chi connectivity index (χ3v) is 4.55. The Morgan fingerprint density at radius 2 is 2.09 bits per heavy atom. The van der Waals surface area contributed by atoms with Gasteiger partial charge in [-0.05, 0) is 37.6 Å². The molecule has 0 saturated carbocycles. The van der Waals surface area contributed by atoms with E-state index < -0.39 is 16.9 Å². The van der Waals surface area contributed by atoms with Gasteiger partial charge in [0.05, 0.1) is 4.92 Å². The molecule has 0 bridgehead atoms. The summed E-state index contributed by atoms with van der Waals surface area (Å²) in [5, 5.41) is 23.9. The average Bonchev–Trinajstić information content (AvgIpc) is 3.43. The molecule has 2 amide bonds. The summed E-state index contributed by atoms with van der Waals surface area (Å²) >= 11 is 5.91. The van der Waals surface area contributed by atoms with Gasteiger partial charge in [0.25, 0.3) is 5.91 Å². The number of carbonyl (C=O) groups excluding carboxylic acids is 2. The lowest BCUT2D eigenvalue weighted by molar-refractivity contribution is -0.385. The van der Waals surface area contributed by atoms with Crippen LogP contribution in [0.2, 0.25) is 5.02 Å². The minimum atomic E-state index is -0.753. The van der Waals surface area contributed by atoms with Crippen LogP contribution in [0.3, 0.4) is 0 Å². The Kier molecular flexibility index (Phi) is 7.56. The molecule has 174 valence electrons. The molecule has 0 radical (unpaired) electrons. The number of aryl methyl sites for hydroxylation is 1. The second kappa shape index (κ2) is 10.5. The van der Waals surface area contributed by atoms with Crippen molar-refractivity contribution in [3.63, 3.8) is 0 Å². The lowest BCUT2D eigenvalue weighted by Gasteiger charge is -2.16. The van der Waals surface area contributed by atoms with Gasteiger partial charge < -0.3 is 19.9 Å². The number of aromatic nitrogens is 4. The molecule has 33 heavy (non-hydrogen) atoms. The second-order valence-electron chi connectivity index (χ2n) is 6.89. The number of nitrogens with one attached hydrogen (secondary N) is 2. The molecule has 3 rings (SSSR count). The number of benzene rings is 1. The predicted molar refractivity (Wildman–Crippen MR) is 114 cm³/mol. The Morgan fingerprint density at radius 3 is 2.79 bits per heavy atom. The topological polar surface area (TPSA) is 167 Å². The van der Waals surface area contributed by atoms with Crippen molar-refractivity contribution >= 4 is 29.1 Å². The van der Waals surface area contributed by atoms with E-state index in [-0.39, 0.29) is 42.9 Å². The summed E-state index contributed by atoms with van der Waals surface area (Å²) in [6.45, 7) is 3.68. The first kappa shape index (κ1) is 23.7. The Labute approximate surface area is 192 Å². The summed E-state index contributed by atoms with van der Waals surface area (Å²) in [6.07, 6.45) is 1.54. The average molecular weight is 478 g/mol. The van der Waals surface area contributed by atoms with Crippen molar-refractivity contribution in [2.24, 2.45) is 0 Å². The summed E-state index contributed by atoms with van der Waals surface area (Å²) < 4.78 is 11.8. The molecule has 13 nitrogen and oxygen atoms in total. The number of rotatable bonds is 10. The summed E-state index contributed by atoms with van der Waals surface area (Å²) in [5.41, 5.74) is 0.626. The maximum absolute atomic E-state index is 12.2. The van der Waals surface area contributed by atoms with E-state index in [1.165, 1.54) is 10.9 Å². The van der Waals surface area contributed by atoms with Crippen molar-refractivity contribution in [3.8, 4) is 5.75 Å². The fraction of sp³-hybridized carbons (Fsp3) is 0.316. The molecule has 3 aromatic rings. The van der Waals surface area contributed by atoms with Crippen LogP contribution in [0, 0.1) is 17.0 Å². The molecular formula is C19H20ClN7O6. The fourth-order valence-corrected chi connectivity index (χ4v) is 2.89. The molecule has 1 aromatic carbocycles. The van der Waals surface area contributed by atoms with E-state index in [1.54, 1.807) is 25.1 Å². The molecular weight excluding hydrogens is 458 g/mol. The van der Waals surface area contributed by atoms with Gasteiger partial charge in [-0.15, -0.1) is 0 Å². The Hall–Kier alpha value is -4.00. The van der Waals surface area contributed by atoms with E-state index in [1.807, 2.05) is 6.92 Å². The highest BCUT2D eigenvalue weighted by molar-refractivity contribution is 6.30. The number of nitrogens with zero attached hydrogens (tertiary/aromatic N) is 5. The molecule has 1 atom stereocenters. The first-order chi connectivity index (χ1) is 15.7. The molecule has 0 aliphatic carbocycles. The number of amides is 2. The van der Waals surface area contributed by atoms with Gasteiger partial charge in [0.1, 0.15) is 24.7 Å². The number of nitro groups is 1. The van der Waals surface area contributed by atoms with Gasteiger partial charge in [0.2, 0.25) is 0 Å². The summed E-state index contributed by atoms with van der Waals surface area (Å²) in [5.74, 6) is -0.599. The van der Waals surface area contributed by atoms with Crippen molar-refractivity contribution in [2.75, 3.05) is 13.1 Å². The van der Waals surface area contributed by atoms with Crippen molar-refractivity contribution < 1.29 is 23.8 Å². The highest BCUT2D eigenvalue weighted by Gasteiger charge is 2.18. The van der Waals surface area contributed by atoms with Gasteiger partial charge in [0.15, 0.2) is 11.9 Å². The van der Waals surface area contributed by atoms with Crippen LogP contribution in [-0.2, 0) is 11.3 Å². The van der Waals surface area contributed by atoms with Crippen molar-refractivity contribution in [1.29, 1.82) is 0 Å². The third kappa shape index (κ3) is 6.49. The molecule has 2 aromatic heterocycles. The first-order valence-electron chi connectivity index (χ1n) is 9.71. The lowest BCUT2D eigenvalue weighted by atomic mass is 10.2. The van der Waals surface area contributed by atoms with Crippen LogP contribution >= 0.6 is 11.6 Å². The van der Waals surface area contributed by atoms with Crippen LogP contribution in [0.1, 0.15) is 29.0 Å². The summed E-state index contributed by atoms with van der Waals surface area (Å²) in [7, 11) is 0. The van der Waals surface area contributed by atoms with Crippen molar-refractivity contribution in [3.05, 3.63) is 63.0 Å². The molecule has 1 unspecified atom stereocenters. The fourth-order valence-electron chi connectivity index (χ4n) is 2.66. The normalized spacial score (nSPS) is 11.6. The number of hydrogen-bond acceptors (Lipinski definition) is 9. The Morgan fingerprint density at radius 1 is 1.33 bits per heavy atom. The summed E-state index contributed by atoms with van der Waals surface area (Å²) in [4.78, 5) is 38.3. The van der Waals surface area contributed by atoms with Gasteiger partial charge in [0, 0.05) is 18.1 Å². The van der Waals surface area contributed by atoms with Gasteiger partial charge >= 0.3 is 17.5 Å². The minimum Gasteiger partial charge on any atom is -0.481 e. The van der Waals surface area contributed by atoms with E-state index in [9.17, 15) is 19.7 Å². The zero-order chi connectivity index (χ0) is 24.0. The predicted octanol–water partition coefficient (Wildman–Crippen LogP) is 1.50. The maximum atomic E-state index is 12.2. The SMILES string of the molecule is Cc1cc(Cl)ccc1OC(C)C(=O)NCCNC(=O)c1nc(Cn2cc([N+](=O)[O-])cn2)no1. The first-order valence-corrected chi connectivity index (χ1v) is 10.1. The lowest BCUT2D eigenvalue weighted by Crippen LogP contribution is -2.40. The number of halogens is 1. The quantitative estimate of drug-likeness (QED) is 0.249. The molecule has 0 fully saturated rings. The molecule has 2 N–H and O–H groups in total. The zero-order valence-corrected chi connectivity index (χ0v) is 18.4. The highest BCUT2D eigenvalue weighted by atomic mass is 35.5. The standard InChI is InChI=1S/C19H20ClN7O6/c1-11-7-13(20)3-4-15(11)32-12(2)17(28)21-5-6-22-18(29)19-24-16(25-33-19)10-26-9-14(8-23-26)27(30)31/h3-4,7-9,12H,5-6,10H2,1-2H3,(H,21,28)(H,22,29). The zero-order valence-electron chi connectivity index (χ0n) is 17.6. The molecule has 0 aliphatic rings. The van der Waals surface area contributed by atoms with Crippen molar-refractivity contribution in [1.82, 2.24) is 30.6 Å². The number of ether oxygens (including phenoxy) is 1. The maximum Gasteiger partial charge on any atom is 0.316 e. The number of carbonyl (C=O) groups is 2. The smallest absolute Gasteiger partial charge is 0.316 e. The van der Waals surface area contributed by atoms with Crippen LogP contribution in [-0.4, -0.2) is 55.9 Å². The largest absolute Gasteiger partial charge is 0.481 e. The van der Waals surface area contributed by atoms with Crippen LogP contribution in [0.4, 0.5) is 5.69 Å². The third-order valence-electron chi connectivity index (χ3n) is 4.32. The Bertz CT molecular complexity index is 1160. The van der Waals surface area contributed by atoms with Crippen LogP contribution in [0.5, 0.6) is 5.75 Å². The van der Waals surface area contributed by atoms with Gasteiger partial charge in [-0.3, -0.25) is 24.4 Å². The minimum absolute atomic E-state index is 0.00827. The molecule has 14 heteroatoms. The molecule has 0 saturated heterocycles.